The van der Waals surface area contributed by atoms with Crippen LogP contribution in [0, 0.1) is 23.7 Å². The van der Waals surface area contributed by atoms with E-state index in [1.54, 1.807) is 0 Å². The second-order valence-electron chi connectivity index (χ2n) is 7.80. The highest BCUT2D eigenvalue weighted by Crippen LogP contribution is 2.46. The first-order valence-electron chi connectivity index (χ1n) is 9.63. The maximum atomic E-state index is 13.1. The summed E-state index contributed by atoms with van der Waals surface area (Å²) in [6, 6.07) is 0. The van der Waals surface area contributed by atoms with Crippen LogP contribution in [0.3, 0.4) is 0 Å². The molecular formula is C20H24N2O4S. The Balaban J connectivity index is 1.64. The highest BCUT2D eigenvalue weighted by molar-refractivity contribution is 7.17. The number of carbonyl (C=O) groups excluding carboxylic acids is 2. The molecule has 144 valence electrons. The van der Waals surface area contributed by atoms with Crippen molar-refractivity contribution >= 4 is 34.1 Å². The molecule has 4 N–H and O–H groups in total. The lowest BCUT2D eigenvalue weighted by Gasteiger charge is -2.41. The van der Waals surface area contributed by atoms with E-state index in [9.17, 15) is 19.5 Å². The fourth-order valence-electron chi connectivity index (χ4n) is 4.97. The molecule has 6 nitrogen and oxygen atoms in total. The molecule has 0 radical (unpaired) electrons. The van der Waals surface area contributed by atoms with Crippen molar-refractivity contribution in [3.63, 3.8) is 0 Å². The summed E-state index contributed by atoms with van der Waals surface area (Å²) in [4.78, 5) is 38.1. The molecule has 0 aliphatic heterocycles. The number of nitrogens with two attached hydrogens (primary N) is 1. The van der Waals surface area contributed by atoms with Crippen LogP contribution in [0.25, 0.3) is 0 Å². The summed E-state index contributed by atoms with van der Waals surface area (Å²) in [6.07, 6.45) is 10.5. The number of thiophene rings is 1. The number of carbonyl (C=O) groups is 3. The predicted octanol–water partition coefficient (Wildman–Crippen LogP) is 2.97. The van der Waals surface area contributed by atoms with Crippen LogP contribution in [0.2, 0.25) is 0 Å². The number of fused-ring (bicyclic) bond motifs is 3. The molecule has 5 rings (SSSR count). The Morgan fingerprint density at radius 3 is 2.33 bits per heavy atom. The SMILES string of the molecule is NC(=O)c1c(NC(=O)[C@H]2[C@H](C(=O)O)[C@H]3C=C[C@H]2CC3)sc2c1CCCCC2. The molecule has 1 saturated carbocycles. The topological polar surface area (TPSA) is 109 Å². The van der Waals surface area contributed by atoms with E-state index in [-0.39, 0.29) is 17.7 Å². The van der Waals surface area contributed by atoms with Crippen LogP contribution in [0.1, 0.15) is 52.9 Å². The summed E-state index contributed by atoms with van der Waals surface area (Å²) in [5.74, 6) is -3.22. The Morgan fingerprint density at radius 1 is 1.04 bits per heavy atom. The van der Waals surface area contributed by atoms with Crippen molar-refractivity contribution in [2.75, 3.05) is 5.32 Å². The number of hydrogen-bond donors (Lipinski definition) is 3. The fraction of sp³-hybridized carbons (Fsp3) is 0.550. The number of primary amides is 1. The van der Waals surface area contributed by atoms with Crippen LogP contribution in [-0.4, -0.2) is 22.9 Å². The number of rotatable bonds is 4. The Hall–Kier alpha value is -2.15. The van der Waals surface area contributed by atoms with E-state index in [1.807, 2.05) is 12.2 Å². The molecule has 1 aromatic heterocycles. The maximum Gasteiger partial charge on any atom is 0.307 e. The number of carboxylic acids is 1. The second-order valence-corrected chi connectivity index (χ2v) is 8.91. The van der Waals surface area contributed by atoms with E-state index in [0.717, 1.165) is 55.4 Å². The van der Waals surface area contributed by atoms with Crippen molar-refractivity contribution in [3.8, 4) is 0 Å². The molecule has 7 heteroatoms. The second kappa shape index (κ2) is 7.11. The van der Waals surface area contributed by atoms with Gasteiger partial charge in [-0.05, 0) is 55.9 Å². The van der Waals surface area contributed by atoms with E-state index in [0.29, 0.717) is 10.6 Å². The zero-order valence-electron chi connectivity index (χ0n) is 15.1. The van der Waals surface area contributed by atoms with Gasteiger partial charge in [0.1, 0.15) is 5.00 Å². The number of aryl methyl sites for hydroxylation is 1. The summed E-state index contributed by atoms with van der Waals surface area (Å²) >= 11 is 1.43. The van der Waals surface area contributed by atoms with Gasteiger partial charge < -0.3 is 16.2 Å². The Bertz CT molecular complexity index is 828. The first-order valence-corrected chi connectivity index (χ1v) is 10.5. The van der Waals surface area contributed by atoms with Gasteiger partial charge in [-0.15, -0.1) is 11.3 Å². The van der Waals surface area contributed by atoms with E-state index >= 15 is 0 Å². The number of nitrogens with one attached hydrogen (secondary N) is 1. The van der Waals surface area contributed by atoms with Gasteiger partial charge in [0.05, 0.1) is 17.4 Å². The molecule has 0 saturated heterocycles. The van der Waals surface area contributed by atoms with Crippen LogP contribution < -0.4 is 11.1 Å². The molecule has 4 atom stereocenters. The molecule has 0 aromatic carbocycles. The van der Waals surface area contributed by atoms with Crippen molar-refractivity contribution in [2.45, 2.75) is 44.9 Å². The third-order valence-corrected chi connectivity index (χ3v) is 7.45. The molecule has 4 aliphatic rings. The summed E-state index contributed by atoms with van der Waals surface area (Å²) in [6.45, 7) is 0. The quantitative estimate of drug-likeness (QED) is 0.544. The zero-order valence-corrected chi connectivity index (χ0v) is 15.9. The van der Waals surface area contributed by atoms with Gasteiger partial charge in [0.2, 0.25) is 5.91 Å². The summed E-state index contributed by atoms with van der Waals surface area (Å²) < 4.78 is 0. The van der Waals surface area contributed by atoms with Gasteiger partial charge in [-0.2, -0.15) is 0 Å². The summed E-state index contributed by atoms with van der Waals surface area (Å²) in [5.41, 5.74) is 7.03. The first kappa shape index (κ1) is 18.2. The fourth-order valence-corrected chi connectivity index (χ4v) is 6.27. The maximum absolute atomic E-state index is 13.1. The number of allylic oxidation sites excluding steroid dienone is 2. The molecule has 0 unspecified atom stereocenters. The summed E-state index contributed by atoms with van der Waals surface area (Å²) in [7, 11) is 0. The van der Waals surface area contributed by atoms with Crippen molar-refractivity contribution in [3.05, 3.63) is 28.2 Å². The summed E-state index contributed by atoms with van der Waals surface area (Å²) in [5, 5.41) is 13.1. The Morgan fingerprint density at radius 2 is 1.70 bits per heavy atom. The number of anilines is 1. The Kier molecular flexibility index (Phi) is 4.80. The van der Waals surface area contributed by atoms with Crippen LogP contribution in [0.15, 0.2) is 12.2 Å². The van der Waals surface area contributed by atoms with E-state index < -0.39 is 23.7 Å². The highest BCUT2D eigenvalue weighted by atomic mass is 32.1. The minimum Gasteiger partial charge on any atom is -0.481 e. The van der Waals surface area contributed by atoms with Gasteiger partial charge in [-0.3, -0.25) is 14.4 Å². The predicted molar refractivity (Wildman–Crippen MR) is 103 cm³/mol. The third-order valence-electron chi connectivity index (χ3n) is 6.24. The molecule has 2 bridgehead atoms. The van der Waals surface area contributed by atoms with Crippen LogP contribution in [0.4, 0.5) is 5.00 Å². The molecule has 1 aromatic rings. The molecule has 27 heavy (non-hydrogen) atoms. The highest BCUT2D eigenvalue weighted by Gasteiger charge is 2.48. The van der Waals surface area contributed by atoms with Crippen LogP contribution >= 0.6 is 11.3 Å². The number of aliphatic carboxylic acids is 1. The number of hydrogen-bond acceptors (Lipinski definition) is 4. The van der Waals surface area contributed by atoms with Crippen molar-refractivity contribution < 1.29 is 19.5 Å². The minimum absolute atomic E-state index is 0.0640. The normalized spacial score (nSPS) is 29.0. The van der Waals surface area contributed by atoms with Gasteiger partial charge in [0, 0.05) is 4.88 Å². The van der Waals surface area contributed by atoms with Gasteiger partial charge in [-0.25, -0.2) is 0 Å². The zero-order chi connectivity index (χ0) is 19.1. The van der Waals surface area contributed by atoms with Gasteiger partial charge in [-0.1, -0.05) is 18.6 Å². The van der Waals surface area contributed by atoms with Gasteiger partial charge >= 0.3 is 5.97 Å². The van der Waals surface area contributed by atoms with Crippen LogP contribution in [0.5, 0.6) is 0 Å². The molecule has 4 aliphatic carbocycles. The number of carboxylic acid groups (broad SMARTS) is 1. The molecule has 1 heterocycles. The lowest BCUT2D eigenvalue weighted by Crippen LogP contribution is -2.47. The average Bonchev–Trinajstić information content (AvgIpc) is 2.82. The molecule has 0 spiro atoms. The monoisotopic (exact) mass is 388 g/mol. The molecular weight excluding hydrogens is 364 g/mol. The Labute approximate surface area is 161 Å². The first-order chi connectivity index (χ1) is 13.0. The van der Waals surface area contributed by atoms with Gasteiger partial charge in [0.15, 0.2) is 0 Å². The molecule has 2 amide bonds. The number of amides is 2. The lowest BCUT2D eigenvalue weighted by atomic mass is 9.62. The van der Waals surface area contributed by atoms with E-state index in [2.05, 4.69) is 5.32 Å². The van der Waals surface area contributed by atoms with Crippen molar-refractivity contribution in [1.29, 1.82) is 0 Å². The third kappa shape index (κ3) is 3.18. The van der Waals surface area contributed by atoms with Crippen molar-refractivity contribution in [1.82, 2.24) is 0 Å². The molecule has 1 fully saturated rings. The standard InChI is InChI=1S/C20H24N2O4S/c21-17(23)16-12-4-2-1-3-5-13(12)27-19(16)22-18(24)14-10-6-8-11(9-7-10)15(14)20(25)26/h6,8,10-11,14-15H,1-5,7,9H2,(H2,21,23)(H,22,24)(H,25,26)/t10-,11-,14+,15+/m0/s1. The smallest absolute Gasteiger partial charge is 0.307 e. The average molecular weight is 388 g/mol. The van der Waals surface area contributed by atoms with E-state index in [1.165, 1.54) is 11.3 Å². The van der Waals surface area contributed by atoms with Crippen LogP contribution in [-0.2, 0) is 22.4 Å². The van der Waals surface area contributed by atoms with E-state index in [4.69, 9.17) is 5.73 Å². The van der Waals surface area contributed by atoms with Crippen molar-refractivity contribution in [2.24, 2.45) is 29.4 Å². The minimum atomic E-state index is -0.925. The lowest BCUT2D eigenvalue weighted by molar-refractivity contribution is -0.151. The largest absolute Gasteiger partial charge is 0.481 e. The van der Waals surface area contributed by atoms with Gasteiger partial charge in [0.25, 0.3) is 5.91 Å².